The number of carbonyl (C=O) groups excluding carboxylic acids is 2. The zero-order valence-corrected chi connectivity index (χ0v) is 12.6. The van der Waals surface area contributed by atoms with Crippen LogP contribution in [0.2, 0.25) is 0 Å². The number of ether oxygens (including phenoxy) is 2. The zero-order chi connectivity index (χ0) is 16.7. The van der Waals surface area contributed by atoms with E-state index in [1.807, 2.05) is 6.07 Å². The van der Waals surface area contributed by atoms with Crippen molar-refractivity contribution in [3.8, 4) is 11.8 Å². The number of halogens is 1. The molecule has 1 aromatic rings. The second-order valence-electron chi connectivity index (χ2n) is 4.56. The molecule has 0 radical (unpaired) electrons. The fourth-order valence-electron chi connectivity index (χ4n) is 1.71. The summed E-state index contributed by atoms with van der Waals surface area (Å²) < 4.78 is 23.3. The van der Waals surface area contributed by atoms with Gasteiger partial charge >= 0.3 is 5.97 Å². The third-order valence-electron chi connectivity index (χ3n) is 2.95. The predicted octanol–water partition coefficient (Wildman–Crippen LogP) is 1.75. The number of amides is 1. The van der Waals surface area contributed by atoms with Crippen LogP contribution in [0.5, 0.6) is 5.75 Å². The lowest BCUT2D eigenvalue weighted by Gasteiger charge is -2.20. The first-order chi connectivity index (χ1) is 10.4. The second-order valence-corrected chi connectivity index (χ2v) is 4.56. The summed E-state index contributed by atoms with van der Waals surface area (Å²) in [5.74, 6) is -1.92. The van der Waals surface area contributed by atoms with Gasteiger partial charge in [-0.1, -0.05) is 0 Å². The number of esters is 1. The average Bonchev–Trinajstić information content (AvgIpc) is 2.51. The number of likely N-dealkylation sites (N-methyl/N-ethyl adjacent to an activating group) is 1. The molecule has 1 aromatic carbocycles. The highest BCUT2D eigenvalue weighted by atomic mass is 19.1. The molecule has 1 atom stereocenters. The van der Waals surface area contributed by atoms with E-state index >= 15 is 0 Å². The Morgan fingerprint density at radius 1 is 1.45 bits per heavy atom. The molecule has 0 saturated heterocycles. The Kier molecular flexibility index (Phi) is 6.32. The standard InChI is InChI=1S/C15H17FN2O4/c1-10(14(19)18(2)8-4-7-17)22-15(20)11-5-6-13(21-3)12(16)9-11/h5-6,9-10H,4,8H2,1-3H3/t10-/m1/s1. The Morgan fingerprint density at radius 3 is 2.68 bits per heavy atom. The molecule has 22 heavy (non-hydrogen) atoms. The molecule has 0 N–H and O–H groups in total. The number of hydrogen-bond donors (Lipinski definition) is 0. The van der Waals surface area contributed by atoms with Crippen LogP contribution in [0.15, 0.2) is 18.2 Å². The molecule has 1 amide bonds. The summed E-state index contributed by atoms with van der Waals surface area (Å²) in [6.07, 6.45) is -0.839. The van der Waals surface area contributed by atoms with E-state index in [2.05, 4.69) is 0 Å². The monoisotopic (exact) mass is 308 g/mol. The van der Waals surface area contributed by atoms with Crippen molar-refractivity contribution in [2.24, 2.45) is 0 Å². The van der Waals surface area contributed by atoms with Gasteiger partial charge in [-0.25, -0.2) is 9.18 Å². The van der Waals surface area contributed by atoms with Crippen LogP contribution in [0.25, 0.3) is 0 Å². The molecule has 0 spiro atoms. The number of hydrogen-bond acceptors (Lipinski definition) is 5. The van der Waals surface area contributed by atoms with Crippen LogP contribution >= 0.6 is 0 Å². The van der Waals surface area contributed by atoms with E-state index in [4.69, 9.17) is 14.7 Å². The molecule has 0 fully saturated rings. The van der Waals surface area contributed by atoms with Crippen LogP contribution in [0.3, 0.4) is 0 Å². The zero-order valence-electron chi connectivity index (χ0n) is 12.6. The number of nitrogens with zero attached hydrogens (tertiary/aromatic N) is 2. The summed E-state index contributed by atoms with van der Waals surface area (Å²) in [5.41, 5.74) is -0.0161. The highest BCUT2D eigenvalue weighted by Crippen LogP contribution is 2.18. The average molecular weight is 308 g/mol. The predicted molar refractivity (Wildman–Crippen MR) is 75.7 cm³/mol. The first-order valence-corrected chi connectivity index (χ1v) is 6.57. The van der Waals surface area contributed by atoms with Crippen LogP contribution < -0.4 is 4.74 Å². The maximum atomic E-state index is 13.5. The van der Waals surface area contributed by atoms with Crippen molar-refractivity contribution in [3.63, 3.8) is 0 Å². The molecule has 0 aliphatic rings. The number of carbonyl (C=O) groups is 2. The fourth-order valence-corrected chi connectivity index (χ4v) is 1.71. The van der Waals surface area contributed by atoms with Crippen molar-refractivity contribution in [2.45, 2.75) is 19.4 Å². The molecule has 0 unspecified atom stereocenters. The second kappa shape index (κ2) is 7.98. The van der Waals surface area contributed by atoms with E-state index in [9.17, 15) is 14.0 Å². The summed E-state index contributed by atoms with van der Waals surface area (Å²) in [6, 6.07) is 5.56. The SMILES string of the molecule is COc1ccc(C(=O)O[C@H](C)C(=O)N(C)CCC#N)cc1F. The molecule has 0 heterocycles. The van der Waals surface area contributed by atoms with E-state index in [0.717, 1.165) is 6.07 Å². The molecule has 7 heteroatoms. The lowest BCUT2D eigenvalue weighted by atomic mass is 10.2. The highest BCUT2D eigenvalue weighted by molar-refractivity contribution is 5.92. The molecule has 6 nitrogen and oxygen atoms in total. The summed E-state index contributed by atoms with van der Waals surface area (Å²) in [6.45, 7) is 1.66. The van der Waals surface area contributed by atoms with Crippen LogP contribution in [0.1, 0.15) is 23.7 Å². The first-order valence-electron chi connectivity index (χ1n) is 6.57. The minimum absolute atomic E-state index is 0.0110. The van der Waals surface area contributed by atoms with Gasteiger partial charge in [-0.3, -0.25) is 4.79 Å². The topological polar surface area (TPSA) is 79.6 Å². The van der Waals surface area contributed by atoms with E-state index in [1.165, 1.54) is 38.1 Å². The number of nitriles is 1. The van der Waals surface area contributed by atoms with E-state index in [1.54, 1.807) is 0 Å². The van der Waals surface area contributed by atoms with Gasteiger partial charge in [0.05, 0.1) is 25.2 Å². The Morgan fingerprint density at radius 2 is 2.14 bits per heavy atom. The minimum Gasteiger partial charge on any atom is -0.494 e. The Balaban J connectivity index is 2.69. The van der Waals surface area contributed by atoms with Crippen molar-refractivity contribution >= 4 is 11.9 Å². The smallest absolute Gasteiger partial charge is 0.339 e. The van der Waals surface area contributed by atoms with Crippen molar-refractivity contribution in [3.05, 3.63) is 29.6 Å². The summed E-state index contributed by atoms with van der Waals surface area (Å²) in [4.78, 5) is 25.1. The van der Waals surface area contributed by atoms with Gasteiger partial charge in [0.1, 0.15) is 0 Å². The maximum Gasteiger partial charge on any atom is 0.339 e. The lowest BCUT2D eigenvalue weighted by Crippen LogP contribution is -2.37. The van der Waals surface area contributed by atoms with E-state index < -0.39 is 23.8 Å². The lowest BCUT2D eigenvalue weighted by molar-refractivity contribution is -0.138. The van der Waals surface area contributed by atoms with Gasteiger partial charge in [0, 0.05) is 13.6 Å². The van der Waals surface area contributed by atoms with Crippen LogP contribution in [-0.4, -0.2) is 43.6 Å². The van der Waals surface area contributed by atoms with E-state index in [-0.39, 0.29) is 24.3 Å². The molecule has 0 aliphatic carbocycles. The van der Waals surface area contributed by atoms with Gasteiger partial charge in [0.2, 0.25) is 0 Å². The molecular formula is C15H17FN2O4. The number of methoxy groups -OCH3 is 1. The van der Waals surface area contributed by atoms with Gasteiger partial charge in [-0.2, -0.15) is 5.26 Å². The Labute approximate surface area is 128 Å². The third-order valence-corrected chi connectivity index (χ3v) is 2.95. The van der Waals surface area contributed by atoms with Gasteiger partial charge in [-0.05, 0) is 25.1 Å². The quantitative estimate of drug-likeness (QED) is 0.748. The minimum atomic E-state index is -1.03. The van der Waals surface area contributed by atoms with Gasteiger partial charge in [0.25, 0.3) is 5.91 Å². The third kappa shape index (κ3) is 4.45. The van der Waals surface area contributed by atoms with Crippen molar-refractivity contribution in [1.82, 2.24) is 4.90 Å². The largest absolute Gasteiger partial charge is 0.494 e. The number of rotatable bonds is 6. The molecule has 0 aromatic heterocycles. The molecular weight excluding hydrogens is 291 g/mol. The maximum absolute atomic E-state index is 13.5. The van der Waals surface area contributed by atoms with Gasteiger partial charge in [-0.15, -0.1) is 0 Å². The first kappa shape index (κ1) is 17.4. The van der Waals surface area contributed by atoms with Crippen molar-refractivity contribution < 1.29 is 23.5 Å². The Bertz CT molecular complexity index is 598. The molecule has 1 rings (SSSR count). The summed E-state index contributed by atoms with van der Waals surface area (Å²) in [5, 5.41) is 8.48. The highest BCUT2D eigenvalue weighted by Gasteiger charge is 2.22. The van der Waals surface area contributed by atoms with Crippen molar-refractivity contribution in [1.29, 1.82) is 5.26 Å². The summed E-state index contributed by atoms with van der Waals surface area (Å²) >= 11 is 0. The summed E-state index contributed by atoms with van der Waals surface area (Å²) in [7, 11) is 2.82. The van der Waals surface area contributed by atoms with Crippen LogP contribution in [0, 0.1) is 17.1 Å². The normalized spacial score (nSPS) is 11.2. The van der Waals surface area contributed by atoms with Gasteiger partial charge in [0.15, 0.2) is 17.7 Å². The van der Waals surface area contributed by atoms with Crippen LogP contribution in [-0.2, 0) is 9.53 Å². The molecule has 118 valence electrons. The van der Waals surface area contributed by atoms with Crippen LogP contribution in [0.4, 0.5) is 4.39 Å². The fraction of sp³-hybridized carbons (Fsp3) is 0.400. The molecule has 0 saturated carbocycles. The van der Waals surface area contributed by atoms with E-state index in [0.29, 0.717) is 0 Å². The Hall–Kier alpha value is -2.62. The number of benzene rings is 1. The molecule has 0 bridgehead atoms. The van der Waals surface area contributed by atoms with Gasteiger partial charge < -0.3 is 14.4 Å². The van der Waals surface area contributed by atoms with Crippen molar-refractivity contribution in [2.75, 3.05) is 20.7 Å². The molecule has 0 aliphatic heterocycles.